The Balaban J connectivity index is 1.98. The Bertz CT molecular complexity index is 398. The molecule has 0 bridgehead atoms. The number of anilines is 2. The second-order valence-corrected chi connectivity index (χ2v) is 6.15. The van der Waals surface area contributed by atoms with E-state index >= 15 is 0 Å². The lowest BCUT2D eigenvalue weighted by atomic mass is 10.2. The van der Waals surface area contributed by atoms with Crippen molar-refractivity contribution < 1.29 is 0 Å². The van der Waals surface area contributed by atoms with Crippen LogP contribution in [0.25, 0.3) is 0 Å². The Labute approximate surface area is 112 Å². The summed E-state index contributed by atoms with van der Waals surface area (Å²) in [5.74, 6) is 8.20. The van der Waals surface area contributed by atoms with Gasteiger partial charge in [-0.25, -0.2) is 15.8 Å². The van der Waals surface area contributed by atoms with Crippen molar-refractivity contribution in [3.8, 4) is 0 Å². The van der Waals surface area contributed by atoms with Crippen LogP contribution in [-0.4, -0.2) is 27.0 Å². The summed E-state index contributed by atoms with van der Waals surface area (Å²) < 4.78 is 0. The Hall–Kier alpha value is -1.01. The Morgan fingerprint density at radius 3 is 2.89 bits per heavy atom. The molecule has 1 fully saturated rings. The molecular formula is C12H21N5S. The Kier molecular flexibility index (Phi) is 4.66. The number of rotatable bonds is 5. The third-order valence-electron chi connectivity index (χ3n) is 3.35. The third kappa shape index (κ3) is 3.05. The molecule has 1 aliphatic carbocycles. The maximum absolute atomic E-state index is 5.42. The highest BCUT2D eigenvalue weighted by atomic mass is 32.2. The SMILES string of the molecule is CCSC1CCC(Nc2ncnc(NN)c2C)C1. The van der Waals surface area contributed by atoms with Gasteiger partial charge in [0.15, 0.2) is 0 Å². The Morgan fingerprint density at radius 1 is 1.39 bits per heavy atom. The summed E-state index contributed by atoms with van der Waals surface area (Å²) in [5.41, 5.74) is 3.57. The third-order valence-corrected chi connectivity index (χ3v) is 4.58. The molecule has 1 aliphatic rings. The molecule has 2 unspecified atom stereocenters. The van der Waals surface area contributed by atoms with Crippen molar-refractivity contribution in [3.63, 3.8) is 0 Å². The number of aromatic nitrogens is 2. The number of thioether (sulfide) groups is 1. The molecule has 1 aromatic rings. The molecule has 0 aromatic carbocycles. The van der Waals surface area contributed by atoms with Crippen LogP contribution in [0.1, 0.15) is 31.7 Å². The van der Waals surface area contributed by atoms with Crippen LogP contribution in [0.4, 0.5) is 11.6 Å². The summed E-state index contributed by atoms with van der Waals surface area (Å²) in [6.45, 7) is 4.20. The number of nitrogens with one attached hydrogen (secondary N) is 2. The van der Waals surface area contributed by atoms with Crippen molar-refractivity contribution >= 4 is 23.4 Å². The maximum Gasteiger partial charge on any atom is 0.148 e. The molecule has 0 spiro atoms. The van der Waals surface area contributed by atoms with Gasteiger partial charge in [0.05, 0.1) is 0 Å². The summed E-state index contributed by atoms with van der Waals surface area (Å²) in [5, 5.41) is 4.31. The smallest absolute Gasteiger partial charge is 0.148 e. The van der Waals surface area contributed by atoms with Crippen LogP contribution in [0.5, 0.6) is 0 Å². The zero-order valence-electron chi connectivity index (χ0n) is 10.9. The molecule has 6 heteroatoms. The zero-order valence-corrected chi connectivity index (χ0v) is 11.8. The molecule has 1 saturated carbocycles. The van der Waals surface area contributed by atoms with Crippen molar-refractivity contribution in [2.45, 2.75) is 44.4 Å². The first-order chi connectivity index (χ1) is 8.74. The normalized spacial score (nSPS) is 23.1. The van der Waals surface area contributed by atoms with Crippen LogP contribution < -0.4 is 16.6 Å². The van der Waals surface area contributed by atoms with Gasteiger partial charge < -0.3 is 10.7 Å². The van der Waals surface area contributed by atoms with E-state index in [9.17, 15) is 0 Å². The lowest BCUT2D eigenvalue weighted by Crippen LogP contribution is -2.19. The summed E-state index contributed by atoms with van der Waals surface area (Å²) >= 11 is 2.06. The van der Waals surface area contributed by atoms with Crippen LogP contribution in [-0.2, 0) is 0 Å². The predicted octanol–water partition coefficient (Wildman–Crippen LogP) is 2.16. The molecule has 1 heterocycles. The van der Waals surface area contributed by atoms with E-state index in [0.717, 1.165) is 16.6 Å². The van der Waals surface area contributed by atoms with Crippen molar-refractivity contribution in [2.24, 2.45) is 5.84 Å². The molecule has 0 amide bonds. The van der Waals surface area contributed by atoms with E-state index in [1.54, 1.807) is 0 Å². The molecule has 0 radical (unpaired) electrons. The van der Waals surface area contributed by atoms with E-state index in [0.29, 0.717) is 11.9 Å². The van der Waals surface area contributed by atoms with Crippen LogP contribution in [0.2, 0.25) is 0 Å². The van der Waals surface area contributed by atoms with Crippen LogP contribution in [0.15, 0.2) is 6.33 Å². The van der Waals surface area contributed by atoms with Gasteiger partial charge in [0.25, 0.3) is 0 Å². The highest BCUT2D eigenvalue weighted by Crippen LogP contribution is 2.32. The molecule has 5 nitrogen and oxygen atoms in total. The van der Waals surface area contributed by atoms with Gasteiger partial charge in [-0.05, 0) is 31.9 Å². The van der Waals surface area contributed by atoms with Gasteiger partial charge in [0.2, 0.25) is 0 Å². The molecule has 100 valence electrons. The van der Waals surface area contributed by atoms with E-state index in [2.05, 4.69) is 39.4 Å². The second kappa shape index (κ2) is 6.24. The van der Waals surface area contributed by atoms with Crippen LogP contribution >= 0.6 is 11.8 Å². The molecule has 1 aromatic heterocycles. The van der Waals surface area contributed by atoms with Crippen LogP contribution in [0, 0.1) is 6.92 Å². The van der Waals surface area contributed by atoms with Crippen LogP contribution in [0.3, 0.4) is 0 Å². The maximum atomic E-state index is 5.42. The minimum atomic E-state index is 0.522. The molecule has 2 atom stereocenters. The topological polar surface area (TPSA) is 75.9 Å². The second-order valence-electron chi connectivity index (χ2n) is 4.57. The van der Waals surface area contributed by atoms with Gasteiger partial charge in [0.1, 0.15) is 18.0 Å². The van der Waals surface area contributed by atoms with Gasteiger partial charge in [-0.2, -0.15) is 11.8 Å². The first kappa shape index (κ1) is 13.4. The monoisotopic (exact) mass is 267 g/mol. The predicted molar refractivity (Wildman–Crippen MR) is 77.8 cm³/mol. The van der Waals surface area contributed by atoms with E-state index < -0.39 is 0 Å². The molecule has 0 aliphatic heterocycles. The van der Waals surface area contributed by atoms with E-state index in [1.165, 1.54) is 31.3 Å². The van der Waals surface area contributed by atoms with E-state index in [4.69, 9.17) is 5.84 Å². The number of nitrogen functional groups attached to an aromatic ring is 1. The quantitative estimate of drug-likeness (QED) is 0.560. The molecule has 2 rings (SSSR count). The Morgan fingerprint density at radius 2 is 2.17 bits per heavy atom. The zero-order chi connectivity index (χ0) is 13.0. The van der Waals surface area contributed by atoms with Crippen molar-refractivity contribution in [3.05, 3.63) is 11.9 Å². The van der Waals surface area contributed by atoms with Crippen molar-refractivity contribution in [1.82, 2.24) is 9.97 Å². The molecule has 0 saturated heterocycles. The number of hydrogen-bond acceptors (Lipinski definition) is 6. The summed E-state index contributed by atoms with van der Waals surface area (Å²) in [4.78, 5) is 8.38. The van der Waals surface area contributed by atoms with Crippen molar-refractivity contribution in [2.75, 3.05) is 16.5 Å². The standard InChI is InChI=1S/C12H21N5S/c1-3-18-10-5-4-9(6-10)16-11-8(2)12(17-13)15-7-14-11/h7,9-10H,3-6,13H2,1-2H3,(H2,14,15,16,17). The first-order valence-electron chi connectivity index (χ1n) is 6.41. The van der Waals surface area contributed by atoms with Gasteiger partial charge in [-0.1, -0.05) is 6.92 Å². The van der Waals surface area contributed by atoms with Crippen molar-refractivity contribution in [1.29, 1.82) is 0 Å². The van der Waals surface area contributed by atoms with Gasteiger partial charge in [0, 0.05) is 16.9 Å². The molecule has 4 N–H and O–H groups in total. The first-order valence-corrected chi connectivity index (χ1v) is 7.45. The fourth-order valence-electron chi connectivity index (χ4n) is 2.39. The van der Waals surface area contributed by atoms with Gasteiger partial charge in [-0.3, -0.25) is 0 Å². The molecular weight excluding hydrogens is 246 g/mol. The minimum Gasteiger partial charge on any atom is -0.367 e. The average Bonchev–Trinajstić information content (AvgIpc) is 2.80. The fourth-order valence-corrected chi connectivity index (χ4v) is 3.54. The lowest BCUT2D eigenvalue weighted by Gasteiger charge is -2.16. The van der Waals surface area contributed by atoms with Gasteiger partial charge in [-0.15, -0.1) is 0 Å². The highest BCUT2D eigenvalue weighted by molar-refractivity contribution is 7.99. The number of hydrazine groups is 1. The number of hydrogen-bond donors (Lipinski definition) is 3. The average molecular weight is 267 g/mol. The number of nitrogens with two attached hydrogens (primary N) is 1. The minimum absolute atomic E-state index is 0.522. The van der Waals surface area contributed by atoms with E-state index in [1.807, 2.05) is 6.92 Å². The lowest BCUT2D eigenvalue weighted by molar-refractivity contribution is 0.749. The fraction of sp³-hybridized carbons (Fsp3) is 0.667. The van der Waals surface area contributed by atoms with Gasteiger partial charge >= 0.3 is 0 Å². The largest absolute Gasteiger partial charge is 0.367 e. The van der Waals surface area contributed by atoms with E-state index in [-0.39, 0.29) is 0 Å². The highest BCUT2D eigenvalue weighted by Gasteiger charge is 2.25. The summed E-state index contributed by atoms with van der Waals surface area (Å²) in [6, 6.07) is 0.522. The number of nitrogens with zero attached hydrogens (tertiary/aromatic N) is 2. The molecule has 18 heavy (non-hydrogen) atoms. The summed E-state index contributed by atoms with van der Waals surface area (Å²) in [7, 11) is 0. The summed E-state index contributed by atoms with van der Waals surface area (Å²) in [6.07, 6.45) is 5.26.